The third kappa shape index (κ3) is 3.83. The number of benzene rings is 1. The molecule has 1 aliphatic rings. The highest BCUT2D eigenvalue weighted by molar-refractivity contribution is 7.18. The van der Waals surface area contributed by atoms with E-state index in [1.165, 1.54) is 24.0 Å². The second-order valence-electron chi connectivity index (χ2n) is 5.27. The Bertz CT molecular complexity index is 677. The first kappa shape index (κ1) is 16.2. The van der Waals surface area contributed by atoms with Crippen LogP contribution in [-0.2, 0) is 9.47 Å². The highest BCUT2D eigenvalue weighted by Gasteiger charge is 2.25. The molecule has 2 atom stereocenters. The minimum atomic E-state index is -0.463. The average molecular weight is 353 g/mol. The highest BCUT2D eigenvalue weighted by atomic mass is 35.5. The number of carbonyl (C=O) groups is 1. The Morgan fingerprint density at radius 2 is 2.22 bits per heavy atom. The van der Waals surface area contributed by atoms with E-state index in [0.29, 0.717) is 16.6 Å². The molecule has 23 heavy (non-hydrogen) atoms. The van der Waals surface area contributed by atoms with E-state index in [0.717, 1.165) is 12.8 Å². The Hall–Kier alpha value is -1.63. The van der Waals surface area contributed by atoms with Gasteiger partial charge in [0.15, 0.2) is 15.2 Å². The molecule has 0 radical (unpaired) electrons. The summed E-state index contributed by atoms with van der Waals surface area (Å²) in [7, 11) is 1.33. The monoisotopic (exact) mass is 352 g/mol. The number of nitrogens with one attached hydrogen (secondary N) is 1. The van der Waals surface area contributed by atoms with Crippen LogP contribution in [-0.4, -0.2) is 30.7 Å². The van der Waals surface area contributed by atoms with Crippen molar-refractivity contribution >= 4 is 34.0 Å². The Kier molecular flexibility index (Phi) is 5.15. The molecule has 3 rings (SSSR count). The van der Waals surface area contributed by atoms with Gasteiger partial charge in [-0.25, -0.2) is 9.78 Å². The van der Waals surface area contributed by atoms with E-state index in [2.05, 4.69) is 22.4 Å². The molecule has 2 unspecified atom stereocenters. The number of rotatable bonds is 4. The van der Waals surface area contributed by atoms with E-state index in [-0.39, 0.29) is 17.3 Å². The van der Waals surface area contributed by atoms with Crippen LogP contribution in [0.25, 0.3) is 0 Å². The number of methoxy groups -OCH3 is 1. The largest absolute Gasteiger partial charge is 0.465 e. The lowest BCUT2D eigenvalue weighted by Crippen LogP contribution is -2.30. The molecular formula is C16H17ClN2O3S. The molecule has 0 bridgehead atoms. The lowest BCUT2D eigenvalue weighted by atomic mass is 9.98. The molecule has 1 aromatic carbocycles. The third-order valence-electron chi connectivity index (χ3n) is 3.74. The molecule has 0 spiro atoms. The number of carbonyl (C=O) groups excluding carboxylic acids is 1. The van der Waals surface area contributed by atoms with Crippen molar-refractivity contribution in [3.05, 3.63) is 45.9 Å². The number of hydrogen-bond donors (Lipinski definition) is 1. The molecule has 0 amide bonds. The van der Waals surface area contributed by atoms with Crippen LogP contribution in [0.1, 0.15) is 34.2 Å². The first-order chi connectivity index (χ1) is 11.2. The van der Waals surface area contributed by atoms with Crippen LogP contribution in [0.4, 0.5) is 5.13 Å². The van der Waals surface area contributed by atoms with Gasteiger partial charge < -0.3 is 14.8 Å². The minimum absolute atomic E-state index is 0.0676. The maximum absolute atomic E-state index is 11.6. The Morgan fingerprint density at radius 1 is 1.43 bits per heavy atom. The standard InChI is InChI=1S/C16H17ClN2O3S/c1-21-15(20)13-14(17)19-16(23-13)18-11-7-8-22-12(9-11)10-5-3-2-4-6-10/h2-6,11-12H,7-9H2,1H3,(H,18,19). The highest BCUT2D eigenvalue weighted by Crippen LogP contribution is 2.32. The maximum atomic E-state index is 11.6. The first-order valence-electron chi connectivity index (χ1n) is 7.35. The number of hydrogen-bond acceptors (Lipinski definition) is 6. The van der Waals surface area contributed by atoms with Gasteiger partial charge in [-0.15, -0.1) is 0 Å². The summed E-state index contributed by atoms with van der Waals surface area (Å²) in [6.45, 7) is 0.681. The Morgan fingerprint density at radius 3 is 2.96 bits per heavy atom. The summed E-state index contributed by atoms with van der Waals surface area (Å²) < 4.78 is 10.6. The fourth-order valence-corrected chi connectivity index (χ4v) is 3.76. The zero-order valence-electron chi connectivity index (χ0n) is 12.6. The van der Waals surface area contributed by atoms with Crippen LogP contribution in [0.5, 0.6) is 0 Å². The summed E-state index contributed by atoms with van der Waals surface area (Å²) in [6.07, 6.45) is 1.79. The molecule has 122 valence electrons. The van der Waals surface area contributed by atoms with Crippen LogP contribution in [0, 0.1) is 0 Å². The first-order valence-corrected chi connectivity index (χ1v) is 8.54. The van der Waals surface area contributed by atoms with Crippen LogP contribution >= 0.6 is 22.9 Å². The van der Waals surface area contributed by atoms with Gasteiger partial charge in [-0.2, -0.15) is 0 Å². The predicted molar refractivity (Wildman–Crippen MR) is 90.2 cm³/mol. The number of anilines is 1. The van der Waals surface area contributed by atoms with Crippen LogP contribution in [0.3, 0.4) is 0 Å². The van der Waals surface area contributed by atoms with Crippen molar-refractivity contribution in [2.24, 2.45) is 0 Å². The van der Waals surface area contributed by atoms with Gasteiger partial charge in [0.1, 0.15) is 0 Å². The van der Waals surface area contributed by atoms with Gasteiger partial charge in [0.25, 0.3) is 0 Å². The van der Waals surface area contributed by atoms with Crippen molar-refractivity contribution in [1.82, 2.24) is 4.98 Å². The van der Waals surface area contributed by atoms with Crippen LogP contribution < -0.4 is 5.32 Å². The van der Waals surface area contributed by atoms with Gasteiger partial charge >= 0.3 is 5.97 Å². The second-order valence-corrected chi connectivity index (χ2v) is 6.62. The van der Waals surface area contributed by atoms with E-state index < -0.39 is 5.97 Å². The van der Waals surface area contributed by atoms with Gasteiger partial charge in [0, 0.05) is 12.6 Å². The van der Waals surface area contributed by atoms with Crippen molar-refractivity contribution < 1.29 is 14.3 Å². The van der Waals surface area contributed by atoms with Gasteiger partial charge in [0.05, 0.1) is 13.2 Å². The summed E-state index contributed by atoms with van der Waals surface area (Å²) in [5.41, 5.74) is 1.17. The van der Waals surface area contributed by atoms with Crippen molar-refractivity contribution in [2.75, 3.05) is 19.0 Å². The zero-order chi connectivity index (χ0) is 16.2. The average Bonchev–Trinajstić information content (AvgIpc) is 2.95. The molecule has 1 fully saturated rings. The smallest absolute Gasteiger partial charge is 0.351 e. The lowest BCUT2D eigenvalue weighted by molar-refractivity contribution is 0.00979. The predicted octanol–water partition coefficient (Wildman–Crippen LogP) is 3.92. The van der Waals surface area contributed by atoms with E-state index in [1.807, 2.05) is 18.2 Å². The van der Waals surface area contributed by atoms with Crippen molar-refractivity contribution in [1.29, 1.82) is 0 Å². The second kappa shape index (κ2) is 7.29. The van der Waals surface area contributed by atoms with E-state index in [9.17, 15) is 4.79 Å². The lowest BCUT2D eigenvalue weighted by Gasteiger charge is -2.30. The molecule has 5 nitrogen and oxygen atoms in total. The van der Waals surface area contributed by atoms with E-state index in [1.54, 1.807) is 0 Å². The van der Waals surface area contributed by atoms with Gasteiger partial charge in [-0.1, -0.05) is 53.3 Å². The molecule has 2 aromatic rings. The van der Waals surface area contributed by atoms with Crippen molar-refractivity contribution in [2.45, 2.75) is 25.0 Å². The Balaban J connectivity index is 1.67. The molecule has 1 saturated heterocycles. The number of thiazole rings is 1. The topological polar surface area (TPSA) is 60.5 Å². The fraction of sp³-hybridized carbons (Fsp3) is 0.375. The number of halogens is 1. The Labute approximate surface area is 143 Å². The summed E-state index contributed by atoms with van der Waals surface area (Å²) in [5.74, 6) is -0.463. The summed E-state index contributed by atoms with van der Waals surface area (Å²) in [5, 5.41) is 4.17. The van der Waals surface area contributed by atoms with Gasteiger partial charge in [0.2, 0.25) is 0 Å². The molecule has 1 aromatic heterocycles. The third-order valence-corrected chi connectivity index (χ3v) is 5.09. The SMILES string of the molecule is COC(=O)c1sc(NC2CCOC(c3ccccc3)C2)nc1Cl. The van der Waals surface area contributed by atoms with Gasteiger partial charge in [-0.05, 0) is 18.4 Å². The normalized spacial score (nSPS) is 21.0. The molecule has 7 heteroatoms. The number of aromatic nitrogens is 1. The summed E-state index contributed by atoms with van der Waals surface area (Å²) >= 11 is 7.21. The van der Waals surface area contributed by atoms with Crippen molar-refractivity contribution in [3.8, 4) is 0 Å². The molecule has 0 saturated carbocycles. The summed E-state index contributed by atoms with van der Waals surface area (Å²) in [4.78, 5) is 16.1. The number of nitrogens with zero attached hydrogens (tertiary/aromatic N) is 1. The molecule has 2 heterocycles. The molecule has 0 aliphatic carbocycles. The molecular weight excluding hydrogens is 336 g/mol. The quantitative estimate of drug-likeness (QED) is 0.845. The zero-order valence-corrected chi connectivity index (χ0v) is 14.2. The number of esters is 1. The van der Waals surface area contributed by atoms with Crippen molar-refractivity contribution in [3.63, 3.8) is 0 Å². The van der Waals surface area contributed by atoms with Crippen LogP contribution in [0.2, 0.25) is 5.15 Å². The van der Waals surface area contributed by atoms with E-state index >= 15 is 0 Å². The summed E-state index contributed by atoms with van der Waals surface area (Å²) in [6, 6.07) is 10.4. The molecule has 1 aliphatic heterocycles. The maximum Gasteiger partial charge on any atom is 0.351 e. The number of ether oxygens (including phenoxy) is 2. The minimum Gasteiger partial charge on any atom is -0.465 e. The van der Waals surface area contributed by atoms with Crippen LogP contribution in [0.15, 0.2) is 30.3 Å². The fourth-order valence-electron chi connectivity index (χ4n) is 2.58. The molecule has 1 N–H and O–H groups in total. The van der Waals surface area contributed by atoms with E-state index in [4.69, 9.17) is 21.1 Å². The van der Waals surface area contributed by atoms with Gasteiger partial charge in [-0.3, -0.25) is 0 Å².